The molecule has 0 unspecified atom stereocenters. The third-order valence-electron chi connectivity index (χ3n) is 5.27. The highest BCUT2D eigenvalue weighted by Gasteiger charge is 2.30. The summed E-state index contributed by atoms with van der Waals surface area (Å²) in [5.41, 5.74) is 0. The van der Waals surface area contributed by atoms with Gasteiger partial charge in [0.1, 0.15) is 0 Å². The number of ether oxygens (including phenoxy) is 1. The van der Waals surface area contributed by atoms with Crippen LogP contribution in [0.2, 0.25) is 0 Å². The molecule has 0 aliphatic carbocycles. The highest BCUT2D eigenvalue weighted by molar-refractivity contribution is 4.97. The Morgan fingerprint density at radius 3 is 2.67 bits per heavy atom. The number of likely N-dealkylation sites (tertiary alicyclic amines) is 2. The second-order valence-electron chi connectivity index (χ2n) is 7.50. The lowest BCUT2D eigenvalue weighted by atomic mass is 10.1. The normalized spacial score (nSPS) is 24.8. The molecule has 0 amide bonds. The SMILES string of the molecule is CC(C)c1noc([C@@H](C)N2CC[C@H](OCCN3CCCCC3)C2)n1. The van der Waals surface area contributed by atoms with Crippen LogP contribution in [0.4, 0.5) is 0 Å². The Morgan fingerprint density at radius 1 is 1.17 bits per heavy atom. The first kappa shape index (κ1) is 17.8. The molecular formula is C18H32N4O2. The predicted octanol–water partition coefficient (Wildman–Crippen LogP) is 2.83. The number of nitrogens with zero attached hydrogens (tertiary/aromatic N) is 4. The molecule has 0 N–H and O–H groups in total. The minimum absolute atomic E-state index is 0.167. The molecule has 2 aliphatic rings. The van der Waals surface area contributed by atoms with Crippen LogP contribution in [-0.4, -0.2) is 65.4 Å². The molecule has 2 atom stereocenters. The first-order valence-electron chi connectivity index (χ1n) is 9.55. The predicted molar refractivity (Wildman–Crippen MR) is 93.0 cm³/mol. The summed E-state index contributed by atoms with van der Waals surface area (Å²) >= 11 is 0. The number of rotatable bonds is 7. The lowest BCUT2D eigenvalue weighted by molar-refractivity contribution is 0.0362. The third-order valence-corrected chi connectivity index (χ3v) is 5.27. The summed E-state index contributed by atoms with van der Waals surface area (Å²) in [5.74, 6) is 1.83. The van der Waals surface area contributed by atoms with Crippen LogP contribution in [0, 0.1) is 0 Å². The van der Waals surface area contributed by atoms with Crippen molar-refractivity contribution in [1.82, 2.24) is 19.9 Å². The van der Waals surface area contributed by atoms with E-state index >= 15 is 0 Å². The maximum Gasteiger partial charge on any atom is 0.243 e. The van der Waals surface area contributed by atoms with E-state index in [9.17, 15) is 0 Å². The van der Waals surface area contributed by atoms with Gasteiger partial charge >= 0.3 is 0 Å². The van der Waals surface area contributed by atoms with Gasteiger partial charge in [-0.05, 0) is 39.3 Å². The standard InChI is InChI=1S/C18H32N4O2/c1-14(2)17-19-18(24-20-17)15(3)22-10-7-16(13-22)23-12-11-21-8-5-4-6-9-21/h14-16H,4-13H2,1-3H3/t15-,16+/m1/s1. The molecule has 0 saturated carbocycles. The van der Waals surface area contributed by atoms with Crippen LogP contribution in [0.1, 0.15) is 70.1 Å². The Bertz CT molecular complexity index is 499. The van der Waals surface area contributed by atoms with Gasteiger partial charge in [0.25, 0.3) is 0 Å². The second kappa shape index (κ2) is 8.41. The molecule has 6 nitrogen and oxygen atoms in total. The fourth-order valence-corrected chi connectivity index (χ4v) is 3.58. The van der Waals surface area contributed by atoms with Gasteiger partial charge in [-0.25, -0.2) is 0 Å². The van der Waals surface area contributed by atoms with E-state index in [2.05, 4.69) is 40.7 Å². The van der Waals surface area contributed by atoms with Gasteiger partial charge in [-0.15, -0.1) is 0 Å². The van der Waals surface area contributed by atoms with Crippen LogP contribution < -0.4 is 0 Å². The summed E-state index contributed by atoms with van der Waals surface area (Å²) < 4.78 is 11.6. The van der Waals surface area contributed by atoms with Crippen molar-refractivity contribution >= 4 is 0 Å². The highest BCUT2D eigenvalue weighted by Crippen LogP contribution is 2.25. The highest BCUT2D eigenvalue weighted by atomic mass is 16.5. The zero-order valence-electron chi connectivity index (χ0n) is 15.4. The maximum atomic E-state index is 6.12. The second-order valence-corrected chi connectivity index (χ2v) is 7.50. The molecule has 2 fully saturated rings. The molecule has 0 bridgehead atoms. The van der Waals surface area contributed by atoms with Crippen LogP contribution in [0.15, 0.2) is 4.52 Å². The van der Waals surface area contributed by atoms with Crippen molar-refractivity contribution in [3.8, 4) is 0 Å². The first-order chi connectivity index (χ1) is 11.6. The maximum absolute atomic E-state index is 6.12. The average Bonchev–Trinajstić information content (AvgIpc) is 3.25. The fraction of sp³-hybridized carbons (Fsp3) is 0.889. The van der Waals surface area contributed by atoms with E-state index in [0.717, 1.165) is 44.4 Å². The molecule has 2 saturated heterocycles. The summed E-state index contributed by atoms with van der Waals surface area (Å²) in [6.07, 6.45) is 5.51. The number of aromatic nitrogens is 2. The van der Waals surface area contributed by atoms with E-state index in [0.29, 0.717) is 12.0 Å². The van der Waals surface area contributed by atoms with E-state index in [1.807, 2.05) is 0 Å². The van der Waals surface area contributed by atoms with Crippen molar-refractivity contribution in [2.24, 2.45) is 0 Å². The molecule has 2 aliphatic heterocycles. The van der Waals surface area contributed by atoms with Crippen LogP contribution in [0.5, 0.6) is 0 Å². The first-order valence-corrected chi connectivity index (χ1v) is 9.55. The minimum Gasteiger partial charge on any atom is -0.376 e. The van der Waals surface area contributed by atoms with Gasteiger partial charge in [-0.1, -0.05) is 25.4 Å². The largest absolute Gasteiger partial charge is 0.376 e. The van der Waals surface area contributed by atoms with Crippen molar-refractivity contribution in [3.05, 3.63) is 11.7 Å². The number of piperidine rings is 1. The molecule has 0 radical (unpaired) electrons. The molecule has 3 heterocycles. The fourth-order valence-electron chi connectivity index (χ4n) is 3.58. The summed E-state index contributed by atoms with van der Waals surface area (Å²) in [5, 5.41) is 4.08. The third kappa shape index (κ3) is 4.55. The van der Waals surface area contributed by atoms with Crippen LogP contribution in [0.3, 0.4) is 0 Å². The molecule has 1 aromatic heterocycles. The number of hydrogen-bond acceptors (Lipinski definition) is 6. The molecule has 1 aromatic rings. The van der Waals surface area contributed by atoms with Gasteiger partial charge in [0.15, 0.2) is 5.82 Å². The summed E-state index contributed by atoms with van der Waals surface area (Å²) in [4.78, 5) is 9.46. The summed E-state index contributed by atoms with van der Waals surface area (Å²) in [6, 6.07) is 0.167. The van der Waals surface area contributed by atoms with E-state index in [-0.39, 0.29) is 6.04 Å². The smallest absolute Gasteiger partial charge is 0.243 e. The van der Waals surface area contributed by atoms with Crippen LogP contribution in [-0.2, 0) is 4.74 Å². The van der Waals surface area contributed by atoms with Crippen molar-refractivity contribution in [2.75, 3.05) is 39.3 Å². The van der Waals surface area contributed by atoms with Gasteiger partial charge in [-0.3, -0.25) is 4.90 Å². The Hall–Kier alpha value is -0.980. The van der Waals surface area contributed by atoms with E-state index in [1.165, 1.54) is 32.4 Å². The topological polar surface area (TPSA) is 54.6 Å². The molecule has 3 rings (SSSR count). The van der Waals surface area contributed by atoms with Crippen molar-refractivity contribution in [3.63, 3.8) is 0 Å². The van der Waals surface area contributed by atoms with Gasteiger partial charge in [-0.2, -0.15) is 4.98 Å². The Kier molecular flexibility index (Phi) is 6.25. The zero-order chi connectivity index (χ0) is 16.9. The van der Waals surface area contributed by atoms with Gasteiger partial charge < -0.3 is 14.2 Å². The van der Waals surface area contributed by atoms with Crippen molar-refractivity contribution in [2.45, 2.75) is 64.5 Å². The van der Waals surface area contributed by atoms with Crippen LogP contribution in [0.25, 0.3) is 0 Å². The summed E-state index contributed by atoms with van der Waals surface area (Å²) in [7, 11) is 0. The van der Waals surface area contributed by atoms with Gasteiger partial charge in [0, 0.05) is 25.6 Å². The zero-order valence-corrected chi connectivity index (χ0v) is 15.4. The molecule has 136 valence electrons. The Morgan fingerprint density at radius 2 is 1.96 bits per heavy atom. The lowest BCUT2D eigenvalue weighted by Crippen LogP contribution is -2.34. The van der Waals surface area contributed by atoms with Crippen LogP contribution >= 0.6 is 0 Å². The molecule has 24 heavy (non-hydrogen) atoms. The van der Waals surface area contributed by atoms with Crippen molar-refractivity contribution in [1.29, 1.82) is 0 Å². The average molecular weight is 336 g/mol. The quantitative estimate of drug-likeness (QED) is 0.763. The van der Waals surface area contributed by atoms with Crippen molar-refractivity contribution < 1.29 is 9.26 Å². The van der Waals surface area contributed by atoms with E-state index in [1.54, 1.807) is 0 Å². The Labute approximate surface area is 145 Å². The summed E-state index contributed by atoms with van der Waals surface area (Å²) in [6.45, 7) is 12.7. The van der Waals surface area contributed by atoms with Gasteiger partial charge in [0.05, 0.1) is 18.8 Å². The van der Waals surface area contributed by atoms with Gasteiger partial charge in [0.2, 0.25) is 5.89 Å². The minimum atomic E-state index is 0.167. The molecule has 0 spiro atoms. The monoisotopic (exact) mass is 336 g/mol. The number of hydrogen-bond donors (Lipinski definition) is 0. The molecule has 6 heteroatoms. The molecular weight excluding hydrogens is 304 g/mol. The Balaban J connectivity index is 1.40. The van der Waals surface area contributed by atoms with E-state index in [4.69, 9.17) is 9.26 Å². The molecule has 0 aromatic carbocycles. The van der Waals surface area contributed by atoms with E-state index < -0.39 is 0 Å². The lowest BCUT2D eigenvalue weighted by Gasteiger charge is -2.27.